The molecule has 5 saturated carbocycles. The van der Waals surface area contributed by atoms with Crippen molar-refractivity contribution < 1.29 is 23.8 Å². The van der Waals surface area contributed by atoms with Crippen LogP contribution < -0.4 is 0 Å². The Balaban J connectivity index is 1.18. The molecular weight excluding hydrogens is 668 g/mol. The number of H-pyrrole nitrogens is 1. The first-order valence-electron chi connectivity index (χ1n) is 19.9. The van der Waals surface area contributed by atoms with E-state index in [1.807, 2.05) is 0 Å². The maximum absolute atomic E-state index is 14.6. The van der Waals surface area contributed by atoms with E-state index in [0.717, 1.165) is 57.8 Å². The van der Waals surface area contributed by atoms with E-state index in [0.29, 0.717) is 46.5 Å². The molecule has 0 bridgehead atoms. The highest BCUT2D eigenvalue weighted by Crippen LogP contribution is 2.77. The molecule has 0 spiro atoms. The number of benzene rings is 1. The van der Waals surface area contributed by atoms with Gasteiger partial charge in [0.15, 0.2) is 0 Å². The van der Waals surface area contributed by atoms with Crippen molar-refractivity contribution in [3.63, 3.8) is 0 Å². The number of carboxylic acid groups (broad SMARTS) is 1. The van der Waals surface area contributed by atoms with Gasteiger partial charge in [0.05, 0.1) is 11.8 Å². The molecule has 0 radical (unpaired) electrons. The summed E-state index contributed by atoms with van der Waals surface area (Å²) < 4.78 is 20.8. The summed E-state index contributed by atoms with van der Waals surface area (Å²) >= 11 is 0. The number of hydrogen-bond donors (Lipinski definition) is 2. The summed E-state index contributed by atoms with van der Waals surface area (Å²) in [5.74, 6) is 8.27. The number of fused-ring (bicyclic) bond motifs is 7. The van der Waals surface area contributed by atoms with E-state index < -0.39 is 17.4 Å². The fourth-order valence-corrected chi connectivity index (χ4v) is 13.5. The quantitative estimate of drug-likeness (QED) is 0.173. The van der Waals surface area contributed by atoms with Crippen molar-refractivity contribution in [3.8, 4) is 23.2 Å². The molecule has 286 valence electrons. The Bertz CT molecular complexity index is 1860. The highest BCUT2D eigenvalue weighted by Gasteiger charge is 2.71. The molecule has 7 rings (SSSR count). The summed E-state index contributed by atoms with van der Waals surface area (Å²) in [7, 11) is 0. The lowest BCUT2D eigenvalue weighted by molar-refractivity contribution is -0.247. The first-order chi connectivity index (χ1) is 24.8. The molecule has 53 heavy (non-hydrogen) atoms. The van der Waals surface area contributed by atoms with Gasteiger partial charge in [0, 0.05) is 22.0 Å². The maximum Gasteiger partial charge on any atom is 0.309 e. The Kier molecular flexibility index (Phi) is 9.10. The fraction of sp³-hybridized carbons (Fsp3) is 0.705. The Hall–Kier alpha value is -3.54. The van der Waals surface area contributed by atoms with Crippen molar-refractivity contribution in [1.82, 2.24) is 20.6 Å². The fourth-order valence-electron chi connectivity index (χ4n) is 13.5. The lowest BCUT2D eigenvalue weighted by atomic mass is 9.32. The van der Waals surface area contributed by atoms with Gasteiger partial charge in [-0.1, -0.05) is 58.6 Å². The van der Waals surface area contributed by atoms with Crippen LogP contribution in [0, 0.1) is 79.7 Å². The number of ether oxygens (including phenoxy) is 1. The van der Waals surface area contributed by atoms with Crippen LogP contribution in [0.4, 0.5) is 4.39 Å². The highest BCUT2D eigenvalue weighted by atomic mass is 19.1. The van der Waals surface area contributed by atoms with Crippen molar-refractivity contribution >= 4 is 11.9 Å². The van der Waals surface area contributed by atoms with Gasteiger partial charge in [-0.15, -0.1) is 10.2 Å². The van der Waals surface area contributed by atoms with Crippen LogP contribution in [0.1, 0.15) is 132 Å². The molecule has 9 heteroatoms. The monoisotopic (exact) mass is 726 g/mol. The lowest BCUT2D eigenvalue weighted by Crippen LogP contribution is -2.66. The number of esters is 1. The Morgan fingerprint density at radius 3 is 2.43 bits per heavy atom. The van der Waals surface area contributed by atoms with E-state index in [2.05, 4.69) is 80.6 Å². The third-order valence-electron chi connectivity index (χ3n) is 16.5. The number of carboxylic acids is 1. The van der Waals surface area contributed by atoms with Crippen LogP contribution in [0.5, 0.6) is 0 Å². The molecule has 5 aliphatic rings. The number of aromatic amines is 1. The normalized spacial score (nSPS) is 38.6. The number of allylic oxidation sites excluding steroid dienone is 1. The Morgan fingerprint density at radius 1 is 1.00 bits per heavy atom. The summed E-state index contributed by atoms with van der Waals surface area (Å²) in [5, 5.41) is 24.2. The molecule has 7 unspecified atom stereocenters. The van der Waals surface area contributed by atoms with Crippen LogP contribution in [-0.4, -0.2) is 43.8 Å². The van der Waals surface area contributed by atoms with E-state index in [1.54, 1.807) is 19.9 Å². The first-order valence-corrected chi connectivity index (χ1v) is 19.9. The average Bonchev–Trinajstić information content (AvgIpc) is 3.75. The molecule has 1 aromatic heterocycles. The molecule has 10 atom stereocenters. The average molecular weight is 727 g/mol. The molecule has 1 heterocycles. The Morgan fingerprint density at radius 2 is 1.75 bits per heavy atom. The number of aliphatic carboxylic acids is 1. The molecule has 2 aromatic rings. The molecule has 8 nitrogen and oxygen atoms in total. The summed E-state index contributed by atoms with van der Waals surface area (Å²) in [4.78, 5) is 24.9. The number of carbonyl (C=O) groups is 2. The van der Waals surface area contributed by atoms with Crippen LogP contribution >= 0.6 is 0 Å². The van der Waals surface area contributed by atoms with Crippen LogP contribution in [0.2, 0.25) is 0 Å². The summed E-state index contributed by atoms with van der Waals surface area (Å²) in [6, 6.07) is 4.62. The standard InChI is InChI=1S/C44H59FN4O4/c1-26(2)29-15-21-44(20-14-27-24-28(45)10-11-30(27)37-46-48-49-47-37)23-22-42(8)31(36(29)44)12-13-33-41(7)18-17-34(53-35(50)25-39(3,4)38(51)52)40(5,6)32(41)16-19-43(33,42)9/h10-11,24,29,31-34,36H,1,12-13,15-19,21-23,25H2,2-9H3,(H,51,52)(H,46,47,48,49)/t29?,31?,32?,33?,34-,36?,41-,42+,43?,44?/m0/s1. The van der Waals surface area contributed by atoms with E-state index in [1.165, 1.54) is 24.1 Å². The largest absolute Gasteiger partial charge is 0.481 e. The number of halogens is 1. The van der Waals surface area contributed by atoms with Gasteiger partial charge in [-0.25, -0.2) is 4.39 Å². The van der Waals surface area contributed by atoms with Crippen molar-refractivity contribution in [1.29, 1.82) is 0 Å². The topological polar surface area (TPSA) is 118 Å². The number of nitrogens with zero attached hydrogens (tertiary/aromatic N) is 3. The number of nitrogens with one attached hydrogen (secondary N) is 1. The number of carbonyl (C=O) groups excluding carboxylic acids is 1. The second kappa shape index (κ2) is 12.8. The zero-order valence-corrected chi connectivity index (χ0v) is 33.1. The molecule has 0 saturated heterocycles. The number of aromatic nitrogens is 4. The molecular formula is C44H59FN4O4. The van der Waals surface area contributed by atoms with Crippen molar-refractivity contribution in [2.45, 2.75) is 132 Å². The summed E-state index contributed by atoms with van der Waals surface area (Å²) in [6.07, 6.45) is 10.3. The van der Waals surface area contributed by atoms with Crippen molar-refractivity contribution in [3.05, 3.63) is 41.7 Å². The van der Waals surface area contributed by atoms with Crippen molar-refractivity contribution in [2.24, 2.45) is 62.1 Å². The van der Waals surface area contributed by atoms with Gasteiger partial charge in [0.2, 0.25) is 5.82 Å². The minimum absolute atomic E-state index is 0.106. The smallest absolute Gasteiger partial charge is 0.309 e. The van der Waals surface area contributed by atoms with E-state index in [4.69, 9.17) is 4.74 Å². The second-order valence-electron chi connectivity index (χ2n) is 19.7. The van der Waals surface area contributed by atoms with Gasteiger partial charge in [0.1, 0.15) is 11.9 Å². The first kappa shape index (κ1) is 37.8. The van der Waals surface area contributed by atoms with Crippen LogP contribution in [0.15, 0.2) is 30.4 Å². The van der Waals surface area contributed by atoms with Crippen LogP contribution in [-0.2, 0) is 14.3 Å². The molecule has 0 amide bonds. The second-order valence-corrected chi connectivity index (χ2v) is 19.7. The zero-order chi connectivity index (χ0) is 38.4. The van der Waals surface area contributed by atoms with Gasteiger partial charge in [-0.2, -0.15) is 5.21 Å². The highest BCUT2D eigenvalue weighted by molar-refractivity contribution is 5.81. The van der Waals surface area contributed by atoms with Gasteiger partial charge >= 0.3 is 11.9 Å². The third-order valence-corrected chi connectivity index (χ3v) is 16.5. The van der Waals surface area contributed by atoms with Crippen LogP contribution in [0.3, 0.4) is 0 Å². The predicted octanol–water partition coefficient (Wildman–Crippen LogP) is 9.43. The maximum atomic E-state index is 14.6. The summed E-state index contributed by atoms with van der Waals surface area (Å²) in [5.41, 5.74) is 1.37. The van der Waals surface area contributed by atoms with E-state index in [-0.39, 0.29) is 45.4 Å². The molecule has 5 fully saturated rings. The zero-order valence-electron chi connectivity index (χ0n) is 33.1. The van der Waals surface area contributed by atoms with Crippen LogP contribution in [0.25, 0.3) is 11.4 Å². The number of rotatable bonds is 6. The minimum Gasteiger partial charge on any atom is -0.481 e. The lowest BCUT2D eigenvalue weighted by Gasteiger charge is -2.72. The van der Waals surface area contributed by atoms with Gasteiger partial charge in [-0.3, -0.25) is 9.59 Å². The van der Waals surface area contributed by atoms with Gasteiger partial charge < -0.3 is 9.84 Å². The SMILES string of the molecule is C=C(C)C1CCC2(C#Cc3cc(F)ccc3-c3nn[nH]n3)CC[C@]3(C)C(CCC4C3(C)CCC3C(C)(C)[C@@H](OC(=O)CC(C)(C)C(=O)O)CC[C@@]34C)C12. The van der Waals surface area contributed by atoms with E-state index in [9.17, 15) is 19.1 Å². The molecule has 0 aliphatic heterocycles. The Labute approximate surface area is 314 Å². The van der Waals surface area contributed by atoms with Gasteiger partial charge in [0.25, 0.3) is 0 Å². The predicted molar refractivity (Wildman–Crippen MR) is 201 cm³/mol. The number of tetrazole rings is 1. The van der Waals surface area contributed by atoms with Crippen molar-refractivity contribution in [2.75, 3.05) is 0 Å². The van der Waals surface area contributed by atoms with E-state index >= 15 is 0 Å². The third kappa shape index (κ3) is 5.79. The summed E-state index contributed by atoms with van der Waals surface area (Å²) in [6.45, 7) is 22.3. The number of hydrogen-bond acceptors (Lipinski definition) is 6. The molecule has 5 aliphatic carbocycles. The molecule has 2 N–H and O–H groups in total. The van der Waals surface area contributed by atoms with Gasteiger partial charge in [-0.05, 0) is 154 Å². The molecule has 1 aromatic carbocycles. The minimum atomic E-state index is -1.16.